The minimum absolute atomic E-state index is 0. The second-order valence-electron chi connectivity index (χ2n) is 32.2. The molecule has 0 spiro atoms. The summed E-state index contributed by atoms with van der Waals surface area (Å²) in [5, 5.41) is 15.1. The first-order valence-corrected chi connectivity index (χ1v) is 44.1. The summed E-state index contributed by atoms with van der Waals surface area (Å²) in [5.74, 6) is 2.64. The summed E-state index contributed by atoms with van der Waals surface area (Å²) in [4.78, 5) is 25.0. The summed E-state index contributed by atoms with van der Waals surface area (Å²) in [6.45, 7) is 0. The molecule has 0 aliphatic heterocycles. The Labute approximate surface area is 739 Å². The number of fused-ring (bicyclic) bond motifs is 18. The van der Waals surface area contributed by atoms with Crippen LogP contribution in [0.2, 0.25) is 0 Å². The van der Waals surface area contributed by atoms with Crippen molar-refractivity contribution in [2.45, 2.75) is 7.43 Å². The molecule has 0 saturated carbocycles. The second kappa shape index (κ2) is 30.6. The molecule has 0 aliphatic rings. The lowest BCUT2D eigenvalue weighted by Crippen LogP contribution is -2.00. The molecule has 26 rings (SSSR count). The third-order valence-corrected chi connectivity index (χ3v) is 27.4. The molecule has 0 amide bonds. The van der Waals surface area contributed by atoms with E-state index in [1.807, 2.05) is 108 Å². The molecule has 8 aromatic heterocycles. The summed E-state index contributed by atoms with van der Waals surface area (Å²) in [7, 11) is 0. The number of hydrogen-bond acceptors (Lipinski definition) is 7. The van der Waals surface area contributed by atoms with E-state index in [-0.39, 0.29) is 7.43 Å². The number of nitrogens with zero attached hydrogens (tertiary/aromatic N) is 9. The van der Waals surface area contributed by atoms with Crippen molar-refractivity contribution in [1.82, 2.24) is 43.2 Å². The van der Waals surface area contributed by atoms with E-state index in [1.165, 1.54) is 128 Å². The predicted molar refractivity (Wildman–Crippen MR) is 535 cm³/mol. The number of hydrogen-bond donors (Lipinski definition) is 0. The fourth-order valence-corrected chi connectivity index (χ4v) is 21.6. The summed E-state index contributed by atoms with van der Waals surface area (Å²) in [6, 6.07) is 154. The number of rotatable bonds is 12. The fourth-order valence-electron chi connectivity index (χ4n) is 19.1. The first kappa shape index (κ1) is 74.5. The molecule has 0 bridgehead atoms. The summed E-state index contributed by atoms with van der Waals surface area (Å²) >= 11 is 3.76. The number of para-hydroxylation sites is 4. The van der Waals surface area contributed by atoms with Crippen LogP contribution in [0.25, 0.3) is 241 Å². The molecule has 18 aromatic carbocycles. The Morgan fingerprint density at radius 2 is 0.449 bits per heavy atom. The van der Waals surface area contributed by atoms with E-state index >= 15 is 0 Å². The van der Waals surface area contributed by atoms with Crippen LogP contribution in [0.5, 0.6) is 0 Å². The van der Waals surface area contributed by atoms with Gasteiger partial charge in [0, 0.05) is 140 Å². The quantitative estimate of drug-likeness (QED) is 0.122. The van der Waals surface area contributed by atoms with Crippen LogP contribution in [0, 0.1) is 0 Å². The Balaban J connectivity index is 0.000000141. The Hall–Kier alpha value is -16.3. The van der Waals surface area contributed by atoms with Gasteiger partial charge in [-0.25, -0.2) is 24.9 Å². The normalized spacial score (nSPS) is 11.7. The van der Waals surface area contributed by atoms with Gasteiger partial charge in [-0.05, 0) is 162 Å². The molecule has 127 heavy (non-hydrogen) atoms. The van der Waals surface area contributed by atoms with Gasteiger partial charge in [-0.3, -0.25) is 0 Å². The van der Waals surface area contributed by atoms with Gasteiger partial charge in [0.2, 0.25) is 0 Å². The average molecular weight is 1660 g/mol. The smallest absolute Gasteiger partial charge is 0.164 e. The monoisotopic (exact) mass is 1660 g/mol. The molecule has 8 heterocycles. The molecule has 11 heteroatoms. The third-order valence-electron chi connectivity index (χ3n) is 24.9. The molecular formula is C116H75N9S2. The van der Waals surface area contributed by atoms with Crippen LogP contribution in [0.4, 0.5) is 0 Å². The van der Waals surface area contributed by atoms with E-state index in [2.05, 4.69) is 364 Å². The predicted octanol–water partition coefficient (Wildman–Crippen LogP) is 31.4. The molecule has 0 saturated heterocycles. The Kier molecular flexibility index (Phi) is 18.0. The minimum atomic E-state index is 0. The van der Waals surface area contributed by atoms with Gasteiger partial charge in [-0.2, -0.15) is 0 Å². The maximum atomic E-state index is 5.16. The van der Waals surface area contributed by atoms with Crippen LogP contribution >= 0.6 is 22.7 Å². The second-order valence-corrected chi connectivity index (χ2v) is 34.3. The molecule has 0 aliphatic carbocycles. The van der Waals surface area contributed by atoms with Crippen molar-refractivity contribution in [3.63, 3.8) is 0 Å². The topological polar surface area (TPSA) is 84.2 Å². The van der Waals surface area contributed by atoms with Crippen LogP contribution in [-0.2, 0) is 0 Å². The van der Waals surface area contributed by atoms with E-state index in [0.29, 0.717) is 23.3 Å². The highest BCUT2D eigenvalue weighted by atomic mass is 32.1. The van der Waals surface area contributed by atoms with Gasteiger partial charge in [-0.1, -0.05) is 299 Å². The van der Waals surface area contributed by atoms with Gasteiger partial charge in [0.05, 0.1) is 55.5 Å². The van der Waals surface area contributed by atoms with Crippen molar-refractivity contribution in [1.29, 1.82) is 0 Å². The zero-order valence-corrected chi connectivity index (χ0v) is 69.5. The molecular weight excluding hydrogens is 1580 g/mol. The SMILES string of the molecule is C.c1ccc(-c2cc(-c3cccc(-n4c5ccccc5c5cc(-n6c7ccccc7c7cc(-c8cccc9c8sc8ccccc89)ccc76)ccc54)c3)nc(-c3ccccc3)n2)cc1.c1ccc(-c2nc(-c3ccccc3)nc(-c3ccc(-n4c5ccccc5c5cc(-n6c7ccccc7c7cc(-c8cccc9c8sc8ccccc89)ccc76)ccc54)cc3)n2)cc1. The van der Waals surface area contributed by atoms with Gasteiger partial charge in [-0.15, -0.1) is 22.7 Å². The maximum Gasteiger partial charge on any atom is 0.164 e. The highest BCUT2D eigenvalue weighted by Gasteiger charge is 2.24. The van der Waals surface area contributed by atoms with E-state index in [0.717, 1.165) is 89.6 Å². The molecule has 9 nitrogen and oxygen atoms in total. The minimum Gasteiger partial charge on any atom is -0.309 e. The number of aromatic nitrogens is 9. The fraction of sp³-hybridized carbons (Fsp3) is 0.00862. The molecule has 596 valence electrons. The third kappa shape index (κ3) is 12.6. The van der Waals surface area contributed by atoms with Gasteiger partial charge in [0.25, 0.3) is 0 Å². The average Bonchev–Trinajstić information content (AvgIpc) is 1.57. The van der Waals surface area contributed by atoms with E-state index in [9.17, 15) is 0 Å². The first-order chi connectivity index (χ1) is 62.5. The lowest BCUT2D eigenvalue weighted by Gasteiger charge is -2.13. The van der Waals surface area contributed by atoms with Crippen LogP contribution < -0.4 is 0 Å². The standard InChI is InChI=1S/C58H36N4S.C57H35N5S.CH4/c1-3-15-37(16-4-1)50-36-51(60-58(59-50)38-17-5-2-6-18-38)40-19-13-20-41(33-40)61-53-27-11-8-22-45(53)49-35-42(30-32-55(49)61)62-52-26-10-7-21-44(52)48-34-39(29-31-54(48)62)43-24-14-25-47-46-23-9-12-28-56(46)63-57(43)47;1-3-14-36(15-4-1)55-58-56(37-16-5-2-6-17-37)60-57(59-55)38-26-29-40(30-27-38)61-49-23-10-8-19-44(49)48-35-41(31-33-52(48)61)62-50-24-11-7-18-43(50)47-34-39(28-32-51(47)62)42-21-13-22-46-45-20-9-12-25-53(45)63-54(42)46;/h1-36H;1-35H;1H4. The number of thiophene rings is 2. The van der Waals surface area contributed by atoms with E-state index in [4.69, 9.17) is 24.9 Å². The summed E-state index contributed by atoms with van der Waals surface area (Å²) in [5.41, 5.74) is 26.4. The zero-order valence-electron chi connectivity index (χ0n) is 67.8. The summed E-state index contributed by atoms with van der Waals surface area (Å²) in [6.07, 6.45) is 0. The zero-order chi connectivity index (χ0) is 82.9. The lowest BCUT2D eigenvalue weighted by atomic mass is 10.0. The van der Waals surface area contributed by atoms with E-state index < -0.39 is 0 Å². The summed E-state index contributed by atoms with van der Waals surface area (Å²) < 4.78 is 14.9. The van der Waals surface area contributed by atoms with Crippen LogP contribution in [0.1, 0.15) is 7.43 Å². The Morgan fingerprint density at radius 1 is 0.165 bits per heavy atom. The van der Waals surface area contributed by atoms with Gasteiger partial charge < -0.3 is 18.3 Å². The Bertz CT molecular complexity index is 8730. The van der Waals surface area contributed by atoms with Crippen LogP contribution in [0.3, 0.4) is 0 Å². The maximum absolute atomic E-state index is 5.16. The molecule has 0 N–H and O–H groups in total. The highest BCUT2D eigenvalue weighted by molar-refractivity contribution is 7.26. The van der Waals surface area contributed by atoms with E-state index in [1.54, 1.807) is 0 Å². The van der Waals surface area contributed by atoms with Crippen molar-refractivity contribution in [2.24, 2.45) is 0 Å². The van der Waals surface area contributed by atoms with Crippen molar-refractivity contribution < 1.29 is 0 Å². The van der Waals surface area contributed by atoms with Crippen LogP contribution in [0.15, 0.2) is 431 Å². The van der Waals surface area contributed by atoms with Crippen molar-refractivity contribution >= 4 is 150 Å². The van der Waals surface area contributed by atoms with Crippen molar-refractivity contribution in [3.8, 4) is 113 Å². The van der Waals surface area contributed by atoms with Crippen molar-refractivity contribution in [3.05, 3.63) is 431 Å². The molecule has 0 atom stereocenters. The first-order valence-electron chi connectivity index (χ1n) is 42.5. The highest BCUT2D eigenvalue weighted by Crippen LogP contribution is 2.47. The van der Waals surface area contributed by atoms with Gasteiger partial charge in [0.1, 0.15) is 0 Å². The molecule has 0 radical (unpaired) electrons. The van der Waals surface area contributed by atoms with Crippen molar-refractivity contribution in [2.75, 3.05) is 0 Å². The Morgan fingerprint density at radius 3 is 0.874 bits per heavy atom. The lowest BCUT2D eigenvalue weighted by molar-refractivity contribution is 1.07. The van der Waals surface area contributed by atoms with Crippen LogP contribution in [-0.4, -0.2) is 43.2 Å². The molecule has 0 fully saturated rings. The van der Waals surface area contributed by atoms with Gasteiger partial charge >= 0.3 is 0 Å². The number of benzene rings is 18. The molecule has 0 unspecified atom stereocenters. The van der Waals surface area contributed by atoms with Gasteiger partial charge in [0.15, 0.2) is 23.3 Å². The largest absolute Gasteiger partial charge is 0.309 e. The molecule has 26 aromatic rings.